The number of rotatable bonds is 9. The first-order valence-corrected chi connectivity index (χ1v) is 10.2. The molecule has 1 saturated carbocycles. The first-order chi connectivity index (χ1) is 13.6. The maximum absolute atomic E-state index is 5.88. The summed E-state index contributed by atoms with van der Waals surface area (Å²) >= 11 is 0. The highest BCUT2D eigenvalue weighted by atomic mass is 16.5. The molecule has 1 aromatic heterocycles. The Balaban J connectivity index is 1.59. The van der Waals surface area contributed by atoms with Crippen molar-refractivity contribution in [2.24, 2.45) is 10.4 Å². The number of hydrogen-bond acceptors (Lipinski definition) is 4. The molecule has 2 aromatic rings. The average molecular weight is 385 g/mol. The molecule has 0 atom stereocenters. The third kappa shape index (κ3) is 5.35. The van der Waals surface area contributed by atoms with Crippen molar-refractivity contribution in [2.45, 2.75) is 46.1 Å². The van der Waals surface area contributed by atoms with Crippen LogP contribution in [0.1, 0.15) is 44.1 Å². The second kappa shape index (κ2) is 9.73. The Hall–Kier alpha value is -2.34. The van der Waals surface area contributed by atoms with E-state index >= 15 is 0 Å². The first kappa shape index (κ1) is 20.4. The van der Waals surface area contributed by atoms with E-state index in [0.717, 1.165) is 43.4 Å². The lowest BCUT2D eigenvalue weighted by molar-refractivity contribution is 0.0732. The monoisotopic (exact) mass is 384 g/mol. The molecule has 0 amide bonds. The maximum atomic E-state index is 5.88. The fraction of sp³-hybridized carbons (Fsp3) is 0.545. The molecule has 2 N–H and O–H groups in total. The number of nitrogens with zero attached hydrogens (tertiary/aromatic N) is 2. The number of methoxy groups -OCH3 is 1. The van der Waals surface area contributed by atoms with E-state index in [1.54, 1.807) is 13.3 Å². The zero-order valence-corrected chi connectivity index (χ0v) is 17.3. The minimum atomic E-state index is 0.341. The average Bonchev–Trinajstić information content (AvgIpc) is 3.14. The lowest BCUT2D eigenvalue weighted by Crippen LogP contribution is -2.46. The van der Waals surface area contributed by atoms with E-state index in [1.807, 2.05) is 12.1 Å². The van der Waals surface area contributed by atoms with Crippen molar-refractivity contribution in [2.75, 3.05) is 26.8 Å². The number of nitrogens with one attached hydrogen (secondary N) is 2. The van der Waals surface area contributed by atoms with Crippen molar-refractivity contribution in [3.05, 3.63) is 41.9 Å². The van der Waals surface area contributed by atoms with Crippen molar-refractivity contribution in [1.82, 2.24) is 15.6 Å². The van der Waals surface area contributed by atoms with Gasteiger partial charge in [0.1, 0.15) is 6.54 Å². The van der Waals surface area contributed by atoms with Gasteiger partial charge in [0.05, 0.1) is 6.20 Å². The number of oxazole rings is 1. The molecule has 0 bridgehead atoms. The predicted molar refractivity (Wildman–Crippen MR) is 112 cm³/mol. The molecule has 1 fully saturated rings. The summed E-state index contributed by atoms with van der Waals surface area (Å²) in [6, 6.07) is 8.24. The van der Waals surface area contributed by atoms with Gasteiger partial charge in [-0.15, -0.1) is 0 Å². The molecule has 1 aliphatic rings. The third-order valence-electron chi connectivity index (χ3n) is 5.49. The zero-order chi connectivity index (χ0) is 19.8. The van der Waals surface area contributed by atoms with E-state index in [9.17, 15) is 0 Å². The minimum Gasteiger partial charge on any atom is -0.439 e. The van der Waals surface area contributed by atoms with Gasteiger partial charge in [-0.25, -0.2) is 9.98 Å². The number of guanidine groups is 1. The summed E-state index contributed by atoms with van der Waals surface area (Å²) in [7, 11) is 1.77. The van der Waals surface area contributed by atoms with Gasteiger partial charge in [0, 0.05) is 32.4 Å². The molecule has 0 unspecified atom stereocenters. The van der Waals surface area contributed by atoms with Crippen molar-refractivity contribution >= 4 is 5.96 Å². The Kier molecular flexibility index (Phi) is 7.09. The zero-order valence-electron chi connectivity index (χ0n) is 17.3. The molecule has 0 saturated heterocycles. The number of hydrogen-bond donors (Lipinski definition) is 2. The molecule has 1 heterocycles. The molecule has 152 valence electrons. The lowest BCUT2D eigenvalue weighted by Gasteiger charge is -2.42. The molecule has 6 nitrogen and oxygen atoms in total. The number of benzene rings is 1. The van der Waals surface area contributed by atoms with Crippen molar-refractivity contribution in [3.8, 4) is 11.3 Å². The van der Waals surface area contributed by atoms with Gasteiger partial charge < -0.3 is 19.8 Å². The highest BCUT2D eigenvalue weighted by Gasteiger charge is 2.36. The lowest BCUT2D eigenvalue weighted by atomic mass is 9.67. The molecule has 3 rings (SSSR count). The Labute approximate surface area is 167 Å². The second-order valence-electron chi connectivity index (χ2n) is 7.63. The maximum Gasteiger partial charge on any atom is 0.216 e. The molecule has 1 aromatic carbocycles. The summed E-state index contributed by atoms with van der Waals surface area (Å²) in [6.45, 7) is 7.10. The van der Waals surface area contributed by atoms with E-state index in [2.05, 4.69) is 46.6 Å². The fourth-order valence-corrected chi connectivity index (χ4v) is 3.50. The first-order valence-electron chi connectivity index (χ1n) is 10.2. The predicted octanol–water partition coefficient (Wildman–Crippen LogP) is 3.91. The summed E-state index contributed by atoms with van der Waals surface area (Å²) in [5.41, 5.74) is 2.60. The van der Waals surface area contributed by atoms with Crippen LogP contribution < -0.4 is 10.6 Å². The quantitative estimate of drug-likeness (QED) is 0.507. The van der Waals surface area contributed by atoms with Crippen LogP contribution in [-0.4, -0.2) is 37.7 Å². The highest BCUT2D eigenvalue weighted by molar-refractivity contribution is 5.79. The van der Waals surface area contributed by atoms with E-state index < -0.39 is 0 Å². The van der Waals surface area contributed by atoms with Gasteiger partial charge in [-0.3, -0.25) is 0 Å². The molecule has 0 radical (unpaired) electrons. The van der Waals surface area contributed by atoms with Crippen LogP contribution in [0.4, 0.5) is 0 Å². The molecule has 0 spiro atoms. The van der Waals surface area contributed by atoms with Crippen molar-refractivity contribution in [3.63, 3.8) is 0 Å². The normalized spacial score (nSPS) is 15.9. The van der Waals surface area contributed by atoms with Gasteiger partial charge in [0.15, 0.2) is 11.7 Å². The van der Waals surface area contributed by atoms with Crippen LogP contribution in [-0.2, 0) is 11.3 Å². The second-order valence-corrected chi connectivity index (χ2v) is 7.63. The molecule has 28 heavy (non-hydrogen) atoms. The summed E-state index contributed by atoms with van der Waals surface area (Å²) in [5, 5.41) is 6.81. The van der Waals surface area contributed by atoms with E-state index in [0.29, 0.717) is 17.9 Å². The van der Waals surface area contributed by atoms with Gasteiger partial charge in [-0.05, 0) is 38.5 Å². The summed E-state index contributed by atoms with van der Waals surface area (Å²) in [4.78, 5) is 9.03. The van der Waals surface area contributed by atoms with Gasteiger partial charge in [-0.1, -0.05) is 36.2 Å². The van der Waals surface area contributed by atoms with Crippen LogP contribution in [0.15, 0.2) is 39.9 Å². The Morgan fingerprint density at radius 2 is 2.04 bits per heavy atom. The Morgan fingerprint density at radius 3 is 2.68 bits per heavy atom. The standard InChI is InChI=1S/C22H32N4O2/c1-4-23-21(26-16-22(10-5-11-22)12-13-27-3)25-15-20-24-14-19(28-20)18-8-6-17(2)7-9-18/h6-9,14H,4-5,10-13,15-16H2,1-3H3,(H2,23,25,26). The molecule has 6 heteroatoms. The molecular formula is C22H32N4O2. The number of aryl methyl sites for hydroxylation is 1. The van der Waals surface area contributed by atoms with Crippen molar-refractivity contribution < 1.29 is 9.15 Å². The van der Waals surface area contributed by atoms with E-state index in [1.165, 1.54) is 24.8 Å². The highest BCUT2D eigenvalue weighted by Crippen LogP contribution is 2.43. The van der Waals surface area contributed by atoms with Gasteiger partial charge in [0.2, 0.25) is 5.89 Å². The van der Waals surface area contributed by atoms with E-state index in [4.69, 9.17) is 9.15 Å². The smallest absolute Gasteiger partial charge is 0.216 e. The summed E-state index contributed by atoms with van der Waals surface area (Å²) in [5.74, 6) is 2.20. The number of aliphatic imine (C=N–C) groups is 1. The van der Waals surface area contributed by atoms with Gasteiger partial charge in [-0.2, -0.15) is 0 Å². The van der Waals surface area contributed by atoms with Crippen LogP contribution in [0.2, 0.25) is 0 Å². The summed E-state index contributed by atoms with van der Waals surface area (Å²) in [6.07, 6.45) is 6.67. The molecule has 0 aliphatic heterocycles. The Morgan fingerprint density at radius 1 is 1.25 bits per heavy atom. The minimum absolute atomic E-state index is 0.341. The Bertz CT molecular complexity index is 763. The number of aromatic nitrogens is 1. The van der Waals surface area contributed by atoms with Crippen LogP contribution in [0, 0.1) is 12.3 Å². The van der Waals surface area contributed by atoms with E-state index in [-0.39, 0.29) is 0 Å². The van der Waals surface area contributed by atoms with Crippen LogP contribution in [0.25, 0.3) is 11.3 Å². The largest absolute Gasteiger partial charge is 0.439 e. The molecule has 1 aliphatic carbocycles. The summed E-state index contributed by atoms with van der Waals surface area (Å²) < 4.78 is 11.2. The fourth-order valence-electron chi connectivity index (χ4n) is 3.50. The van der Waals surface area contributed by atoms with Crippen molar-refractivity contribution in [1.29, 1.82) is 0 Å². The third-order valence-corrected chi connectivity index (χ3v) is 5.49. The van der Waals surface area contributed by atoms with Gasteiger partial charge in [0.25, 0.3) is 0 Å². The molecular weight excluding hydrogens is 352 g/mol. The van der Waals surface area contributed by atoms with Crippen LogP contribution >= 0.6 is 0 Å². The SMILES string of the molecule is CCNC(=NCc1ncc(-c2ccc(C)cc2)o1)NCC1(CCOC)CCC1. The topological polar surface area (TPSA) is 71.7 Å². The van der Waals surface area contributed by atoms with Crippen LogP contribution in [0.3, 0.4) is 0 Å². The van der Waals surface area contributed by atoms with Crippen LogP contribution in [0.5, 0.6) is 0 Å². The van der Waals surface area contributed by atoms with Gasteiger partial charge >= 0.3 is 0 Å². The number of ether oxygens (including phenoxy) is 1.